The minimum atomic E-state index is -2.27. The standard InChI is InChI=1S/C48H89NO5Si3/c1-22-26-40(44(51)48(14,15)42(32-34-50)53-56(18,19)46(8,9)10)43(54-57(20,21)47(11,12)13)37(3)28-25-27-36(2)30-31-41(52-55(16,17)45(5,6)7)38(4)35-39-29-23-24-33-49-39/h23-24,29-30,33-35,37,40-43H,22,25-28,31-32H2,1-21H3/t37-,40+,41-,42-,43-/m0/s1. The average molecular weight is 844 g/mol. The van der Waals surface area contributed by atoms with E-state index in [1.54, 1.807) is 0 Å². The normalized spacial score (nSPS) is 17.2. The largest absolute Gasteiger partial charge is 0.413 e. The monoisotopic (exact) mass is 844 g/mol. The predicted molar refractivity (Wildman–Crippen MR) is 253 cm³/mol. The number of aldehydes is 1. The third-order valence-corrected chi connectivity index (χ3v) is 27.3. The number of pyridine rings is 1. The van der Waals surface area contributed by atoms with Crippen LogP contribution in [0, 0.1) is 17.3 Å². The molecule has 0 bridgehead atoms. The van der Waals surface area contributed by atoms with E-state index in [2.05, 4.69) is 146 Å². The molecule has 57 heavy (non-hydrogen) atoms. The van der Waals surface area contributed by atoms with Crippen LogP contribution in [0.4, 0.5) is 0 Å². The molecule has 0 radical (unpaired) electrons. The SMILES string of the molecule is CCC[C@@H](C(=O)C(C)(C)[C@H](CC=O)O[Si](C)(C)C(C)(C)C)[C@@H](O[Si](C)(C)C(C)(C)C)[C@@H](C)CCCC(C)=CC[C@H](O[Si](C)(C)C(C)(C)C)C(C)=Cc1ccccn1. The van der Waals surface area contributed by atoms with Crippen molar-refractivity contribution in [3.63, 3.8) is 0 Å². The number of hydrogen-bond donors (Lipinski definition) is 0. The first-order valence-corrected chi connectivity index (χ1v) is 30.7. The number of hydrogen-bond acceptors (Lipinski definition) is 6. The molecule has 0 spiro atoms. The smallest absolute Gasteiger partial charge is 0.192 e. The first-order chi connectivity index (χ1) is 25.8. The van der Waals surface area contributed by atoms with Crippen molar-refractivity contribution < 1.29 is 22.9 Å². The molecule has 0 saturated carbocycles. The maximum Gasteiger partial charge on any atom is 0.192 e. The molecule has 0 aliphatic rings. The molecule has 0 aliphatic carbocycles. The van der Waals surface area contributed by atoms with E-state index in [0.717, 1.165) is 50.5 Å². The molecule has 0 aromatic carbocycles. The number of aromatic nitrogens is 1. The van der Waals surface area contributed by atoms with E-state index in [0.29, 0.717) is 0 Å². The third kappa shape index (κ3) is 15.8. The number of nitrogens with zero attached hydrogens (tertiary/aromatic N) is 1. The lowest BCUT2D eigenvalue weighted by atomic mass is 9.71. The van der Waals surface area contributed by atoms with Gasteiger partial charge in [-0.15, -0.1) is 0 Å². The lowest BCUT2D eigenvalue weighted by molar-refractivity contribution is -0.142. The quantitative estimate of drug-likeness (QED) is 0.0620. The van der Waals surface area contributed by atoms with Crippen LogP contribution in [0.15, 0.2) is 41.6 Å². The minimum Gasteiger partial charge on any atom is -0.413 e. The topological polar surface area (TPSA) is 74.7 Å². The number of carbonyl (C=O) groups excluding carboxylic acids is 2. The van der Waals surface area contributed by atoms with E-state index < -0.39 is 36.5 Å². The molecule has 1 aromatic heterocycles. The molecular weight excluding hydrogens is 755 g/mol. The second-order valence-corrected chi connectivity index (χ2v) is 36.5. The van der Waals surface area contributed by atoms with E-state index in [-0.39, 0.29) is 51.4 Å². The van der Waals surface area contributed by atoms with Gasteiger partial charge in [-0.05, 0) is 130 Å². The van der Waals surface area contributed by atoms with Crippen molar-refractivity contribution in [2.75, 3.05) is 0 Å². The highest BCUT2D eigenvalue weighted by atomic mass is 28.4. The fourth-order valence-corrected chi connectivity index (χ4v) is 10.8. The van der Waals surface area contributed by atoms with Crippen LogP contribution in [0.5, 0.6) is 0 Å². The van der Waals surface area contributed by atoms with Gasteiger partial charge in [0.05, 0.1) is 24.0 Å². The van der Waals surface area contributed by atoms with Gasteiger partial charge in [0.15, 0.2) is 25.0 Å². The van der Waals surface area contributed by atoms with E-state index in [1.807, 2.05) is 38.2 Å². The Balaban J connectivity index is 3.46. The highest BCUT2D eigenvalue weighted by Crippen LogP contribution is 2.45. The molecule has 0 fully saturated rings. The Hall–Kier alpha value is -1.50. The van der Waals surface area contributed by atoms with Gasteiger partial charge in [0, 0.05) is 24.0 Å². The minimum absolute atomic E-state index is 0.00268. The predicted octanol–water partition coefficient (Wildman–Crippen LogP) is 14.4. The Bertz CT molecular complexity index is 1460. The number of allylic oxidation sites excluding steroid dienone is 1. The van der Waals surface area contributed by atoms with Crippen LogP contribution in [0.1, 0.15) is 154 Å². The van der Waals surface area contributed by atoms with Crippen molar-refractivity contribution in [2.45, 2.75) is 222 Å². The second kappa shape index (κ2) is 21.3. The summed E-state index contributed by atoms with van der Waals surface area (Å²) in [5, 5.41) is 0.0597. The molecule has 0 amide bonds. The molecule has 5 atom stereocenters. The Kier molecular flexibility index (Phi) is 20.0. The van der Waals surface area contributed by atoms with Crippen LogP contribution in [-0.2, 0) is 22.9 Å². The zero-order valence-electron chi connectivity index (χ0n) is 40.9. The van der Waals surface area contributed by atoms with Crippen LogP contribution >= 0.6 is 0 Å². The number of carbonyl (C=O) groups is 2. The fourth-order valence-electron chi connectivity index (χ4n) is 6.54. The van der Waals surface area contributed by atoms with Gasteiger partial charge in [0.1, 0.15) is 12.1 Å². The van der Waals surface area contributed by atoms with E-state index in [1.165, 1.54) is 11.1 Å². The molecule has 1 rings (SSSR count). The molecule has 0 unspecified atom stereocenters. The second-order valence-electron chi connectivity index (χ2n) is 22.3. The van der Waals surface area contributed by atoms with Crippen molar-refractivity contribution in [1.29, 1.82) is 0 Å². The number of rotatable bonds is 23. The van der Waals surface area contributed by atoms with Gasteiger partial charge in [-0.25, -0.2) is 0 Å². The Morgan fingerprint density at radius 3 is 1.77 bits per heavy atom. The van der Waals surface area contributed by atoms with Gasteiger partial charge >= 0.3 is 0 Å². The van der Waals surface area contributed by atoms with E-state index >= 15 is 4.79 Å². The van der Waals surface area contributed by atoms with E-state index in [4.69, 9.17) is 13.3 Å². The van der Waals surface area contributed by atoms with Crippen molar-refractivity contribution >= 4 is 43.1 Å². The zero-order valence-corrected chi connectivity index (χ0v) is 43.9. The third-order valence-electron chi connectivity index (χ3n) is 13.8. The van der Waals surface area contributed by atoms with Crippen LogP contribution in [-0.4, -0.2) is 60.3 Å². The van der Waals surface area contributed by atoms with Gasteiger partial charge in [0.25, 0.3) is 0 Å². The number of Topliss-reactive ketones (excluding diaryl/α,β-unsaturated/α-hetero) is 1. The number of ketones is 1. The summed E-state index contributed by atoms with van der Waals surface area (Å²) in [6.45, 7) is 46.9. The summed E-state index contributed by atoms with van der Waals surface area (Å²) in [7, 11) is -6.55. The maximum absolute atomic E-state index is 15.1. The van der Waals surface area contributed by atoms with Crippen molar-refractivity contribution in [1.82, 2.24) is 4.98 Å². The summed E-state index contributed by atoms with van der Waals surface area (Å²) < 4.78 is 21.3. The fraction of sp³-hybridized carbons (Fsp3) is 0.771. The lowest BCUT2D eigenvalue weighted by Gasteiger charge is -2.47. The van der Waals surface area contributed by atoms with Crippen molar-refractivity contribution in [3.05, 3.63) is 47.3 Å². The van der Waals surface area contributed by atoms with Gasteiger partial charge in [-0.1, -0.05) is 114 Å². The Morgan fingerprint density at radius 1 is 0.772 bits per heavy atom. The zero-order chi connectivity index (χ0) is 44.4. The summed E-state index contributed by atoms with van der Waals surface area (Å²) >= 11 is 0. The molecule has 9 heteroatoms. The summed E-state index contributed by atoms with van der Waals surface area (Å²) in [6, 6.07) is 6.02. The van der Waals surface area contributed by atoms with Crippen LogP contribution in [0.25, 0.3) is 6.08 Å². The molecule has 0 N–H and O–H groups in total. The van der Waals surface area contributed by atoms with Crippen molar-refractivity contribution in [2.24, 2.45) is 17.3 Å². The molecule has 1 heterocycles. The van der Waals surface area contributed by atoms with E-state index in [9.17, 15) is 4.79 Å². The summed E-state index contributed by atoms with van der Waals surface area (Å²) in [6.07, 6.45) is 12.2. The molecule has 6 nitrogen and oxygen atoms in total. The Morgan fingerprint density at radius 2 is 1.30 bits per heavy atom. The average Bonchev–Trinajstić information content (AvgIpc) is 3.06. The molecule has 328 valence electrons. The molecule has 1 aromatic rings. The highest BCUT2D eigenvalue weighted by molar-refractivity contribution is 6.75. The maximum atomic E-state index is 15.1. The van der Waals surface area contributed by atoms with Crippen LogP contribution in [0.2, 0.25) is 54.4 Å². The summed E-state index contributed by atoms with van der Waals surface area (Å²) in [5.74, 6) is 0.0563. The molecular formula is C48H89NO5Si3. The van der Waals surface area contributed by atoms with Gasteiger partial charge < -0.3 is 18.1 Å². The lowest BCUT2D eigenvalue weighted by Crippen LogP contribution is -2.54. The van der Waals surface area contributed by atoms with Crippen LogP contribution < -0.4 is 0 Å². The highest BCUT2D eigenvalue weighted by Gasteiger charge is 2.50. The van der Waals surface area contributed by atoms with Gasteiger partial charge in [-0.3, -0.25) is 9.78 Å². The molecule has 0 saturated heterocycles. The first-order valence-electron chi connectivity index (χ1n) is 22.0. The molecule has 0 aliphatic heterocycles. The van der Waals surface area contributed by atoms with Gasteiger partial charge in [-0.2, -0.15) is 0 Å². The summed E-state index contributed by atoms with van der Waals surface area (Å²) in [4.78, 5) is 31.7. The summed E-state index contributed by atoms with van der Waals surface area (Å²) in [5.41, 5.74) is 2.66. The van der Waals surface area contributed by atoms with Crippen LogP contribution in [0.3, 0.4) is 0 Å². The van der Waals surface area contributed by atoms with Crippen molar-refractivity contribution in [3.8, 4) is 0 Å². The van der Waals surface area contributed by atoms with Gasteiger partial charge in [0.2, 0.25) is 0 Å². The Labute approximate surface area is 355 Å². The first kappa shape index (κ1) is 53.5.